The summed E-state index contributed by atoms with van der Waals surface area (Å²) in [5.74, 6) is -0.217. The molecule has 134 valence electrons. The van der Waals surface area contributed by atoms with Gasteiger partial charge in [0.15, 0.2) is 6.10 Å². The van der Waals surface area contributed by atoms with Crippen LogP contribution in [-0.4, -0.2) is 58.8 Å². The van der Waals surface area contributed by atoms with E-state index in [0.29, 0.717) is 6.42 Å². The van der Waals surface area contributed by atoms with Crippen LogP contribution in [0.4, 0.5) is 0 Å². The molecule has 3 atom stereocenters. The van der Waals surface area contributed by atoms with Crippen LogP contribution in [0, 0.1) is 0 Å². The van der Waals surface area contributed by atoms with Gasteiger partial charge in [0.25, 0.3) is 5.91 Å². The number of nitrogens with one attached hydrogen (secondary N) is 1. The summed E-state index contributed by atoms with van der Waals surface area (Å²) in [5.41, 5.74) is 1.18. The fourth-order valence-electron chi connectivity index (χ4n) is 2.94. The number of pyridine rings is 1. The molecule has 1 aliphatic heterocycles. The molecule has 1 saturated heterocycles. The Morgan fingerprint density at radius 2 is 2.29 bits per heavy atom. The Kier molecular flexibility index (Phi) is 7.15. The summed E-state index contributed by atoms with van der Waals surface area (Å²) < 4.78 is 5.86. The lowest BCUT2D eigenvalue weighted by molar-refractivity contribution is -0.159. The minimum atomic E-state index is -0.755. The summed E-state index contributed by atoms with van der Waals surface area (Å²) in [5, 5.41) is 12.9. The molecule has 0 aliphatic carbocycles. The van der Waals surface area contributed by atoms with Crippen molar-refractivity contribution >= 4 is 5.91 Å². The second kappa shape index (κ2) is 9.11. The lowest BCUT2D eigenvalue weighted by atomic mass is 9.98. The Morgan fingerprint density at radius 1 is 1.50 bits per heavy atom. The second-order valence-electron chi connectivity index (χ2n) is 6.87. The molecule has 0 saturated carbocycles. The van der Waals surface area contributed by atoms with Crippen molar-refractivity contribution in [3.05, 3.63) is 30.1 Å². The fraction of sp³-hybridized carbons (Fsp3) is 0.667. The third-order valence-electron chi connectivity index (χ3n) is 4.17. The van der Waals surface area contributed by atoms with Crippen LogP contribution in [0.2, 0.25) is 0 Å². The zero-order chi connectivity index (χ0) is 17.5. The van der Waals surface area contributed by atoms with Crippen molar-refractivity contribution in [3.8, 4) is 0 Å². The first-order chi connectivity index (χ1) is 11.5. The number of hydrogen-bond acceptors (Lipinski definition) is 5. The van der Waals surface area contributed by atoms with Gasteiger partial charge in [-0.1, -0.05) is 6.07 Å². The number of carbonyl (C=O) groups is 1. The van der Waals surface area contributed by atoms with Crippen molar-refractivity contribution in [1.29, 1.82) is 0 Å². The zero-order valence-corrected chi connectivity index (χ0v) is 14.8. The maximum absolute atomic E-state index is 12.1. The van der Waals surface area contributed by atoms with Crippen LogP contribution in [0.1, 0.15) is 38.7 Å². The van der Waals surface area contributed by atoms with Gasteiger partial charge in [-0.2, -0.15) is 0 Å². The lowest BCUT2D eigenvalue weighted by Crippen LogP contribution is -2.50. The van der Waals surface area contributed by atoms with Crippen LogP contribution in [0.25, 0.3) is 0 Å². The van der Waals surface area contributed by atoms with Gasteiger partial charge in [0.05, 0.1) is 12.2 Å². The molecule has 2 rings (SSSR count). The number of rotatable bonds is 7. The molecule has 0 bridgehead atoms. The third kappa shape index (κ3) is 5.85. The maximum Gasteiger partial charge on any atom is 0.252 e. The first-order valence-electron chi connectivity index (χ1n) is 8.67. The Bertz CT molecular complexity index is 509. The highest BCUT2D eigenvalue weighted by Gasteiger charge is 2.35. The number of aliphatic hydroxyl groups excluding tert-OH is 1. The third-order valence-corrected chi connectivity index (χ3v) is 4.17. The van der Waals surface area contributed by atoms with Crippen LogP contribution >= 0.6 is 0 Å². The number of aromatic nitrogens is 1. The van der Waals surface area contributed by atoms with Crippen LogP contribution in [0.15, 0.2) is 24.5 Å². The van der Waals surface area contributed by atoms with Crippen molar-refractivity contribution < 1.29 is 14.6 Å². The van der Waals surface area contributed by atoms with Crippen molar-refractivity contribution in [1.82, 2.24) is 15.2 Å². The van der Waals surface area contributed by atoms with Crippen molar-refractivity contribution in [2.75, 3.05) is 13.6 Å². The summed E-state index contributed by atoms with van der Waals surface area (Å²) in [4.78, 5) is 18.5. The van der Waals surface area contributed by atoms with Crippen LogP contribution < -0.4 is 5.32 Å². The highest BCUT2D eigenvalue weighted by molar-refractivity contribution is 5.81. The fourth-order valence-corrected chi connectivity index (χ4v) is 2.94. The van der Waals surface area contributed by atoms with Gasteiger partial charge in [0, 0.05) is 31.5 Å². The molecule has 2 heterocycles. The van der Waals surface area contributed by atoms with Gasteiger partial charge < -0.3 is 20.1 Å². The van der Waals surface area contributed by atoms with E-state index in [1.807, 2.05) is 26.1 Å². The molecule has 0 spiro atoms. The van der Waals surface area contributed by atoms with E-state index >= 15 is 0 Å². The summed E-state index contributed by atoms with van der Waals surface area (Å²) in [7, 11) is 2.06. The van der Waals surface area contributed by atoms with Crippen molar-refractivity contribution in [2.45, 2.75) is 64.0 Å². The van der Waals surface area contributed by atoms with Gasteiger partial charge in [-0.25, -0.2) is 0 Å². The Balaban J connectivity index is 1.79. The highest BCUT2D eigenvalue weighted by Crippen LogP contribution is 2.22. The number of ether oxygens (including phenoxy) is 1. The number of amides is 1. The van der Waals surface area contributed by atoms with E-state index in [4.69, 9.17) is 4.74 Å². The molecule has 6 nitrogen and oxygen atoms in total. The second-order valence-corrected chi connectivity index (χ2v) is 6.87. The van der Waals surface area contributed by atoms with E-state index in [-0.39, 0.29) is 18.1 Å². The molecule has 0 aromatic carbocycles. The molecule has 1 amide bonds. The largest absolute Gasteiger partial charge is 0.390 e. The minimum absolute atomic E-state index is 0.00709. The van der Waals surface area contributed by atoms with Gasteiger partial charge in [-0.15, -0.1) is 0 Å². The van der Waals surface area contributed by atoms with E-state index in [2.05, 4.69) is 28.3 Å². The number of aliphatic hydroxyl groups is 1. The normalized spacial score (nSPS) is 24.3. The van der Waals surface area contributed by atoms with E-state index in [0.717, 1.165) is 25.9 Å². The summed E-state index contributed by atoms with van der Waals surface area (Å²) in [6, 6.07) is 4.04. The predicted octanol–water partition coefficient (Wildman–Crippen LogP) is 1.34. The van der Waals surface area contributed by atoms with Crippen LogP contribution in [0.5, 0.6) is 0 Å². The van der Waals surface area contributed by atoms with E-state index < -0.39 is 12.2 Å². The first kappa shape index (κ1) is 18.8. The summed E-state index contributed by atoms with van der Waals surface area (Å²) >= 11 is 0. The molecule has 1 aromatic heterocycles. The lowest BCUT2D eigenvalue weighted by Gasteiger charge is -2.34. The van der Waals surface area contributed by atoms with Crippen molar-refractivity contribution in [3.63, 3.8) is 0 Å². The number of nitrogens with zero attached hydrogens (tertiary/aromatic N) is 2. The van der Waals surface area contributed by atoms with Gasteiger partial charge in [-0.3, -0.25) is 9.78 Å². The van der Waals surface area contributed by atoms with E-state index in [9.17, 15) is 9.90 Å². The molecule has 1 aliphatic rings. The average molecular weight is 335 g/mol. The van der Waals surface area contributed by atoms with Gasteiger partial charge in [-0.05, 0) is 51.8 Å². The Morgan fingerprint density at radius 3 is 2.96 bits per heavy atom. The molecule has 24 heavy (non-hydrogen) atoms. The number of carbonyl (C=O) groups excluding carboxylic acids is 1. The van der Waals surface area contributed by atoms with Gasteiger partial charge in [0.2, 0.25) is 0 Å². The first-order valence-corrected chi connectivity index (χ1v) is 8.67. The van der Waals surface area contributed by atoms with E-state index in [1.54, 1.807) is 6.20 Å². The summed E-state index contributed by atoms with van der Waals surface area (Å²) in [6.45, 7) is 5.50. The SMILES string of the molecule is CC(C)NC(=O)C1OC(CCN(C)Cc2cccnc2)CCC1O. The maximum atomic E-state index is 12.1. The molecule has 3 unspecified atom stereocenters. The molecule has 1 fully saturated rings. The van der Waals surface area contributed by atoms with Crippen LogP contribution in [0.3, 0.4) is 0 Å². The topological polar surface area (TPSA) is 74.7 Å². The number of hydrogen-bond donors (Lipinski definition) is 2. The molecular weight excluding hydrogens is 306 g/mol. The summed E-state index contributed by atoms with van der Waals surface area (Å²) in [6.07, 6.45) is 4.41. The molecular formula is C18H29N3O3. The zero-order valence-electron chi connectivity index (χ0n) is 14.8. The van der Waals surface area contributed by atoms with Gasteiger partial charge in [0.1, 0.15) is 0 Å². The standard InChI is InChI=1S/C18H29N3O3/c1-13(2)20-18(23)17-16(22)7-6-15(24-17)8-10-21(3)12-14-5-4-9-19-11-14/h4-5,9,11,13,15-17,22H,6-8,10,12H2,1-3H3,(H,20,23). The molecule has 2 N–H and O–H groups in total. The predicted molar refractivity (Wildman–Crippen MR) is 92.4 cm³/mol. The Labute approximate surface area is 144 Å². The quantitative estimate of drug-likeness (QED) is 0.786. The monoisotopic (exact) mass is 335 g/mol. The molecule has 0 radical (unpaired) electrons. The van der Waals surface area contributed by atoms with Crippen LogP contribution in [-0.2, 0) is 16.1 Å². The highest BCUT2D eigenvalue weighted by atomic mass is 16.5. The molecule has 6 heteroatoms. The Hall–Kier alpha value is -1.50. The van der Waals surface area contributed by atoms with E-state index in [1.165, 1.54) is 5.56 Å². The van der Waals surface area contributed by atoms with Crippen molar-refractivity contribution in [2.24, 2.45) is 0 Å². The smallest absolute Gasteiger partial charge is 0.252 e. The molecule has 1 aromatic rings. The average Bonchev–Trinajstić information content (AvgIpc) is 2.54. The minimum Gasteiger partial charge on any atom is -0.390 e. The van der Waals surface area contributed by atoms with Gasteiger partial charge >= 0.3 is 0 Å².